The molecule has 0 bridgehead atoms. The molecule has 50 heavy (non-hydrogen) atoms. The van der Waals surface area contributed by atoms with E-state index in [2.05, 4.69) is 34.3 Å². The molecule has 5 aromatic carbocycles. The molecule has 2 fully saturated rings. The molecule has 0 aromatic heterocycles. The molecule has 2 heterocycles. The van der Waals surface area contributed by atoms with Crippen LogP contribution in [0.3, 0.4) is 0 Å². The Morgan fingerprint density at radius 1 is 0.560 bits per heavy atom. The Morgan fingerprint density at radius 2 is 0.880 bits per heavy atom. The van der Waals surface area contributed by atoms with E-state index in [1.54, 1.807) is 36.4 Å². The molecule has 5 aromatic rings. The fourth-order valence-electron chi connectivity index (χ4n) is 7.59. The predicted octanol–water partition coefficient (Wildman–Crippen LogP) is 4.03. The van der Waals surface area contributed by atoms with E-state index >= 15 is 0 Å². The van der Waals surface area contributed by atoms with Crippen LogP contribution < -0.4 is 10.6 Å². The predicted molar refractivity (Wildman–Crippen MR) is 190 cm³/mol. The molecule has 260 valence electrons. The average molecular weight is 681 g/mol. The molecule has 7 rings (SSSR count). The van der Waals surface area contributed by atoms with Crippen LogP contribution in [-0.2, 0) is 9.47 Å². The Hall–Kier alpha value is -4.88. The molecule has 12 heteroatoms. The molecule has 2 saturated heterocycles. The molecule has 2 atom stereocenters. The van der Waals surface area contributed by atoms with Gasteiger partial charge in [0.2, 0.25) is 0 Å². The zero-order valence-corrected chi connectivity index (χ0v) is 28.1. The summed E-state index contributed by atoms with van der Waals surface area (Å²) in [6, 6.07) is 13.4. The summed E-state index contributed by atoms with van der Waals surface area (Å²) in [6.07, 6.45) is 0. The molecular weight excluding hydrogens is 640 g/mol. The van der Waals surface area contributed by atoms with Gasteiger partial charge in [0.15, 0.2) is 0 Å². The van der Waals surface area contributed by atoms with E-state index < -0.39 is 11.9 Å². The van der Waals surface area contributed by atoms with Crippen molar-refractivity contribution in [1.82, 2.24) is 20.4 Å². The number of fused-ring (bicyclic) bond motifs is 2. The van der Waals surface area contributed by atoms with Gasteiger partial charge in [0.1, 0.15) is 0 Å². The number of carbonyl (C=O) groups is 4. The van der Waals surface area contributed by atoms with Gasteiger partial charge in [0, 0.05) is 73.3 Å². The van der Waals surface area contributed by atoms with Gasteiger partial charge in [-0.25, -0.2) is 9.59 Å². The first-order chi connectivity index (χ1) is 24.2. The van der Waals surface area contributed by atoms with Crippen molar-refractivity contribution in [3.8, 4) is 0 Å². The molecular formula is C38H40N4O8. The standard InChI is InChI=1S/C38H40N4O8/c1-21(41-11-15-49-16-12-41)19-39-35(43)27-7-3-23-25-5-9-29(37(45)46)34-30(38(47)48)10-6-26(32(25)34)24-4-8-28(33(27)31(23)24)36(44)40-20-22(2)42-13-17-50-18-14-42/h3-10,21-22H,11-20H2,1-2H3,(H,39,43)(H,40,44)(H,45,46)(H,47,48). The van der Waals surface area contributed by atoms with Crippen molar-refractivity contribution in [2.45, 2.75) is 25.9 Å². The number of carboxylic acids is 2. The highest BCUT2D eigenvalue weighted by Gasteiger charge is 2.27. The fourth-order valence-corrected chi connectivity index (χ4v) is 7.59. The highest BCUT2D eigenvalue weighted by molar-refractivity contribution is 6.38. The second-order valence-corrected chi connectivity index (χ2v) is 13.2. The highest BCUT2D eigenvalue weighted by Crippen LogP contribution is 2.44. The second-order valence-electron chi connectivity index (χ2n) is 13.2. The molecule has 4 N–H and O–H groups in total. The maximum absolute atomic E-state index is 14.1. The van der Waals surface area contributed by atoms with Crippen LogP contribution in [0.15, 0.2) is 48.5 Å². The number of ether oxygens (including phenoxy) is 2. The van der Waals surface area contributed by atoms with Gasteiger partial charge in [-0.1, -0.05) is 24.3 Å². The number of hydrogen-bond acceptors (Lipinski definition) is 8. The number of nitrogens with zero attached hydrogens (tertiary/aromatic N) is 2. The Morgan fingerprint density at radius 3 is 1.22 bits per heavy atom. The molecule has 0 spiro atoms. The molecule has 0 radical (unpaired) electrons. The summed E-state index contributed by atoms with van der Waals surface area (Å²) in [4.78, 5) is 57.3. The van der Waals surface area contributed by atoms with E-state index in [0.29, 0.717) is 88.3 Å². The van der Waals surface area contributed by atoms with Crippen molar-refractivity contribution in [3.63, 3.8) is 0 Å². The maximum atomic E-state index is 14.1. The molecule has 2 unspecified atom stereocenters. The van der Waals surface area contributed by atoms with Crippen molar-refractivity contribution in [3.05, 3.63) is 70.8 Å². The van der Waals surface area contributed by atoms with Gasteiger partial charge in [0.25, 0.3) is 11.8 Å². The lowest BCUT2D eigenvalue weighted by Gasteiger charge is -2.32. The zero-order chi connectivity index (χ0) is 35.1. The molecule has 2 aliphatic rings. The summed E-state index contributed by atoms with van der Waals surface area (Å²) in [7, 11) is 0. The van der Waals surface area contributed by atoms with E-state index in [4.69, 9.17) is 9.47 Å². The first-order valence-electron chi connectivity index (χ1n) is 17.0. The third kappa shape index (κ3) is 5.98. The first kappa shape index (κ1) is 33.6. The highest BCUT2D eigenvalue weighted by atomic mass is 16.5. The quantitative estimate of drug-likeness (QED) is 0.125. The van der Waals surface area contributed by atoms with E-state index in [0.717, 1.165) is 26.2 Å². The van der Waals surface area contributed by atoms with Crippen molar-refractivity contribution in [1.29, 1.82) is 0 Å². The lowest BCUT2D eigenvalue weighted by molar-refractivity contribution is 0.0204. The molecule has 2 amide bonds. The van der Waals surface area contributed by atoms with Gasteiger partial charge in [-0.15, -0.1) is 0 Å². The molecule has 12 nitrogen and oxygen atoms in total. The lowest BCUT2D eigenvalue weighted by Crippen LogP contribution is -2.47. The Balaban J connectivity index is 1.38. The minimum absolute atomic E-state index is 0.0728. The van der Waals surface area contributed by atoms with Crippen LogP contribution >= 0.6 is 0 Å². The number of amides is 2. The molecule has 0 saturated carbocycles. The van der Waals surface area contributed by atoms with Crippen molar-refractivity contribution < 1.29 is 38.9 Å². The summed E-state index contributed by atoms with van der Waals surface area (Å²) in [5.41, 5.74) is 0.460. The summed E-state index contributed by atoms with van der Waals surface area (Å²) >= 11 is 0. The topological polar surface area (TPSA) is 158 Å². The van der Waals surface area contributed by atoms with Gasteiger partial charge in [-0.2, -0.15) is 0 Å². The number of carbonyl (C=O) groups excluding carboxylic acids is 2. The number of aromatic carboxylic acids is 2. The number of nitrogens with one attached hydrogen (secondary N) is 2. The van der Waals surface area contributed by atoms with Crippen molar-refractivity contribution in [2.75, 3.05) is 65.7 Å². The van der Waals surface area contributed by atoms with E-state index in [1.807, 2.05) is 0 Å². The van der Waals surface area contributed by atoms with Crippen LogP contribution in [0.4, 0.5) is 0 Å². The molecule has 2 aliphatic heterocycles. The smallest absolute Gasteiger partial charge is 0.336 e. The minimum Gasteiger partial charge on any atom is -0.478 e. The van der Waals surface area contributed by atoms with Crippen LogP contribution in [0.5, 0.6) is 0 Å². The first-order valence-corrected chi connectivity index (χ1v) is 17.0. The van der Waals surface area contributed by atoms with Crippen LogP contribution in [0.1, 0.15) is 55.3 Å². The number of hydrogen-bond donors (Lipinski definition) is 4. The van der Waals surface area contributed by atoms with Crippen molar-refractivity contribution >= 4 is 66.8 Å². The number of rotatable bonds is 10. The van der Waals surface area contributed by atoms with E-state index in [9.17, 15) is 29.4 Å². The van der Waals surface area contributed by atoms with Gasteiger partial charge in [0.05, 0.1) is 37.6 Å². The van der Waals surface area contributed by atoms with Gasteiger partial charge in [-0.3, -0.25) is 19.4 Å². The van der Waals surface area contributed by atoms with E-state index in [1.165, 1.54) is 12.1 Å². The summed E-state index contributed by atoms with van der Waals surface area (Å²) < 4.78 is 11.0. The Labute approximate surface area is 288 Å². The maximum Gasteiger partial charge on any atom is 0.336 e. The fraction of sp³-hybridized carbons (Fsp3) is 0.368. The molecule has 0 aliphatic carbocycles. The average Bonchev–Trinajstić information content (AvgIpc) is 3.14. The van der Waals surface area contributed by atoms with Crippen LogP contribution in [0.25, 0.3) is 43.1 Å². The van der Waals surface area contributed by atoms with Crippen LogP contribution in [0, 0.1) is 0 Å². The van der Waals surface area contributed by atoms with Gasteiger partial charge in [-0.05, 0) is 70.4 Å². The van der Waals surface area contributed by atoms with E-state index in [-0.39, 0.29) is 40.4 Å². The SMILES string of the molecule is CC(CNC(=O)c1ccc2c3ccc(C(=O)O)c4c(C(=O)O)ccc(c5ccc(C(=O)NCC(C)N6CCOCC6)c1c25)c43)N1CCOCC1. The monoisotopic (exact) mass is 680 g/mol. The number of morpholine rings is 2. The lowest BCUT2D eigenvalue weighted by atomic mass is 9.84. The summed E-state index contributed by atoms with van der Waals surface area (Å²) in [5.74, 6) is -3.10. The third-order valence-electron chi connectivity index (χ3n) is 10.3. The van der Waals surface area contributed by atoms with Crippen LogP contribution in [0.2, 0.25) is 0 Å². The number of carboxylic acid groups (broad SMARTS) is 2. The van der Waals surface area contributed by atoms with Crippen molar-refractivity contribution in [2.24, 2.45) is 0 Å². The summed E-state index contributed by atoms with van der Waals surface area (Å²) in [5, 5.41) is 30.7. The van der Waals surface area contributed by atoms with Gasteiger partial charge < -0.3 is 30.3 Å². The number of benzene rings is 5. The van der Waals surface area contributed by atoms with Gasteiger partial charge >= 0.3 is 11.9 Å². The Kier molecular flexibility index (Phi) is 9.27. The largest absolute Gasteiger partial charge is 0.478 e. The minimum atomic E-state index is -1.23. The second kappa shape index (κ2) is 13.8. The Bertz CT molecular complexity index is 1990. The zero-order valence-electron chi connectivity index (χ0n) is 28.1. The summed E-state index contributed by atoms with van der Waals surface area (Å²) in [6.45, 7) is 10.6. The third-order valence-corrected chi connectivity index (χ3v) is 10.3. The van der Waals surface area contributed by atoms with Crippen LogP contribution in [-0.4, -0.2) is 122 Å². The normalized spacial score (nSPS) is 17.3.